The van der Waals surface area contributed by atoms with Gasteiger partial charge in [0, 0.05) is 25.3 Å². The number of nitrogen functional groups attached to an aromatic ring is 1. The van der Waals surface area contributed by atoms with Crippen molar-refractivity contribution in [3.05, 3.63) is 29.8 Å². The first-order valence-electron chi connectivity index (χ1n) is 6.97. The predicted octanol–water partition coefficient (Wildman–Crippen LogP) is 1.83. The van der Waals surface area contributed by atoms with E-state index in [2.05, 4.69) is 11.8 Å². The van der Waals surface area contributed by atoms with E-state index in [0.717, 1.165) is 19.6 Å². The highest BCUT2D eigenvalue weighted by Crippen LogP contribution is 2.19. The van der Waals surface area contributed by atoms with Crippen LogP contribution >= 0.6 is 0 Å². The maximum Gasteiger partial charge on any atom is 0.255 e. The summed E-state index contributed by atoms with van der Waals surface area (Å²) in [6.45, 7) is 5.16. The molecule has 1 aromatic carbocycles. The summed E-state index contributed by atoms with van der Waals surface area (Å²) >= 11 is 0. The van der Waals surface area contributed by atoms with E-state index in [0.29, 0.717) is 17.3 Å². The van der Waals surface area contributed by atoms with Crippen molar-refractivity contribution in [3.8, 4) is 0 Å². The second kappa shape index (κ2) is 6.06. The van der Waals surface area contributed by atoms with Crippen molar-refractivity contribution >= 4 is 11.6 Å². The number of benzene rings is 1. The van der Waals surface area contributed by atoms with Crippen LogP contribution in [-0.2, 0) is 0 Å². The number of carbonyl (C=O) groups excluding carboxylic acids is 1. The molecule has 104 valence electrons. The third kappa shape index (κ3) is 3.07. The zero-order valence-electron chi connectivity index (χ0n) is 11.8. The normalized spacial score (nSPS) is 19.6. The Hall–Kier alpha value is -1.55. The fraction of sp³-hybridized carbons (Fsp3) is 0.533. The Morgan fingerprint density at radius 1 is 1.47 bits per heavy atom. The van der Waals surface area contributed by atoms with Crippen molar-refractivity contribution < 1.29 is 4.79 Å². The molecule has 0 aromatic heterocycles. The molecule has 1 aromatic rings. The van der Waals surface area contributed by atoms with Gasteiger partial charge in [-0.05, 0) is 38.1 Å². The van der Waals surface area contributed by atoms with Crippen LogP contribution in [-0.4, -0.2) is 48.4 Å². The summed E-state index contributed by atoms with van der Waals surface area (Å²) in [5.41, 5.74) is 7.02. The Bertz CT molecular complexity index is 447. The minimum Gasteiger partial charge on any atom is -0.398 e. The Morgan fingerprint density at radius 3 is 2.89 bits per heavy atom. The lowest BCUT2D eigenvalue weighted by Gasteiger charge is -2.28. The fourth-order valence-corrected chi connectivity index (χ4v) is 2.81. The molecule has 0 spiro atoms. The summed E-state index contributed by atoms with van der Waals surface area (Å²) in [5, 5.41) is 0. The number of hydrogen-bond donors (Lipinski definition) is 1. The van der Waals surface area contributed by atoms with Crippen LogP contribution in [0.4, 0.5) is 5.69 Å². The molecule has 19 heavy (non-hydrogen) atoms. The van der Waals surface area contributed by atoms with Gasteiger partial charge in [-0.25, -0.2) is 0 Å². The summed E-state index contributed by atoms with van der Waals surface area (Å²) in [4.78, 5) is 16.6. The van der Waals surface area contributed by atoms with E-state index in [1.807, 2.05) is 19.2 Å². The van der Waals surface area contributed by atoms with E-state index in [-0.39, 0.29) is 5.91 Å². The van der Waals surface area contributed by atoms with Crippen molar-refractivity contribution in [2.24, 2.45) is 0 Å². The standard InChI is InChI=1S/C15H23N3O/c1-3-18-10-6-7-12(18)11-17(2)15(19)13-8-4-5-9-14(13)16/h4-5,8-9,12H,3,6-7,10-11,16H2,1-2H3. The molecule has 0 radical (unpaired) electrons. The van der Waals surface area contributed by atoms with Gasteiger partial charge in [-0.15, -0.1) is 0 Å². The number of likely N-dealkylation sites (tertiary alicyclic amines) is 1. The Labute approximate surface area is 115 Å². The highest BCUT2D eigenvalue weighted by molar-refractivity contribution is 5.98. The van der Waals surface area contributed by atoms with Gasteiger partial charge >= 0.3 is 0 Å². The lowest BCUT2D eigenvalue weighted by molar-refractivity contribution is 0.0755. The van der Waals surface area contributed by atoms with E-state index in [9.17, 15) is 4.79 Å². The van der Waals surface area contributed by atoms with Gasteiger partial charge in [-0.1, -0.05) is 19.1 Å². The summed E-state index contributed by atoms with van der Waals surface area (Å²) in [5.74, 6) is 0.0149. The number of anilines is 1. The van der Waals surface area contributed by atoms with Crippen LogP contribution < -0.4 is 5.73 Å². The topological polar surface area (TPSA) is 49.6 Å². The molecule has 0 aliphatic carbocycles. The predicted molar refractivity (Wildman–Crippen MR) is 78.1 cm³/mol. The molecular weight excluding hydrogens is 238 g/mol. The van der Waals surface area contributed by atoms with Crippen molar-refractivity contribution in [2.75, 3.05) is 32.4 Å². The van der Waals surface area contributed by atoms with Crippen molar-refractivity contribution in [1.29, 1.82) is 0 Å². The quantitative estimate of drug-likeness (QED) is 0.841. The van der Waals surface area contributed by atoms with E-state index in [4.69, 9.17) is 5.73 Å². The van der Waals surface area contributed by atoms with Crippen LogP contribution in [0.15, 0.2) is 24.3 Å². The van der Waals surface area contributed by atoms with Crippen molar-refractivity contribution in [2.45, 2.75) is 25.8 Å². The van der Waals surface area contributed by atoms with E-state index >= 15 is 0 Å². The van der Waals surface area contributed by atoms with Gasteiger partial charge < -0.3 is 10.6 Å². The third-order valence-electron chi connectivity index (χ3n) is 3.93. The van der Waals surface area contributed by atoms with Crippen LogP contribution in [0.3, 0.4) is 0 Å². The van der Waals surface area contributed by atoms with Crippen molar-refractivity contribution in [1.82, 2.24) is 9.80 Å². The zero-order chi connectivity index (χ0) is 13.8. The highest BCUT2D eigenvalue weighted by atomic mass is 16.2. The van der Waals surface area contributed by atoms with E-state index in [1.165, 1.54) is 12.8 Å². The third-order valence-corrected chi connectivity index (χ3v) is 3.93. The summed E-state index contributed by atoms with van der Waals surface area (Å²) in [6.07, 6.45) is 2.41. The van der Waals surface area contributed by atoms with Crippen LogP contribution in [0.2, 0.25) is 0 Å². The van der Waals surface area contributed by atoms with Crippen LogP contribution in [0.5, 0.6) is 0 Å². The Kier molecular flexibility index (Phi) is 4.43. The summed E-state index contributed by atoms with van der Waals surface area (Å²) in [6, 6.07) is 7.76. The fourth-order valence-electron chi connectivity index (χ4n) is 2.81. The summed E-state index contributed by atoms with van der Waals surface area (Å²) in [7, 11) is 1.86. The van der Waals surface area contributed by atoms with Gasteiger partial charge in [0.15, 0.2) is 0 Å². The number of nitrogens with zero attached hydrogens (tertiary/aromatic N) is 2. The first-order valence-corrected chi connectivity index (χ1v) is 6.97. The molecule has 1 atom stereocenters. The second-order valence-corrected chi connectivity index (χ2v) is 5.20. The van der Waals surface area contributed by atoms with Crippen LogP contribution in [0.25, 0.3) is 0 Å². The van der Waals surface area contributed by atoms with Gasteiger partial charge in [0.25, 0.3) is 5.91 Å². The molecule has 1 saturated heterocycles. The molecule has 1 fully saturated rings. The molecule has 1 heterocycles. The maximum absolute atomic E-state index is 12.4. The molecule has 0 saturated carbocycles. The molecule has 0 bridgehead atoms. The van der Waals surface area contributed by atoms with E-state index in [1.54, 1.807) is 17.0 Å². The molecular formula is C15H23N3O. The average Bonchev–Trinajstić information content (AvgIpc) is 2.85. The lowest BCUT2D eigenvalue weighted by Crippen LogP contribution is -2.41. The van der Waals surface area contributed by atoms with Gasteiger partial charge in [0.1, 0.15) is 0 Å². The monoisotopic (exact) mass is 261 g/mol. The molecule has 1 aliphatic rings. The number of carbonyl (C=O) groups is 1. The summed E-state index contributed by atoms with van der Waals surface area (Å²) < 4.78 is 0. The number of hydrogen-bond acceptors (Lipinski definition) is 3. The second-order valence-electron chi connectivity index (χ2n) is 5.20. The largest absolute Gasteiger partial charge is 0.398 e. The van der Waals surface area contributed by atoms with Gasteiger partial charge in [0.05, 0.1) is 5.56 Å². The molecule has 4 heteroatoms. The average molecular weight is 261 g/mol. The number of para-hydroxylation sites is 1. The minimum absolute atomic E-state index is 0.0149. The van der Waals surface area contributed by atoms with Crippen LogP contribution in [0.1, 0.15) is 30.1 Å². The number of likely N-dealkylation sites (N-methyl/N-ethyl adjacent to an activating group) is 2. The highest BCUT2D eigenvalue weighted by Gasteiger charge is 2.26. The molecule has 1 aliphatic heterocycles. The zero-order valence-corrected chi connectivity index (χ0v) is 11.8. The maximum atomic E-state index is 12.4. The Balaban J connectivity index is 2.02. The van der Waals surface area contributed by atoms with Gasteiger partial charge in [0.2, 0.25) is 0 Å². The number of amides is 1. The Morgan fingerprint density at radius 2 is 2.21 bits per heavy atom. The first kappa shape index (κ1) is 13.9. The SMILES string of the molecule is CCN1CCCC1CN(C)C(=O)c1ccccc1N. The van der Waals surface area contributed by atoms with Gasteiger partial charge in [-0.3, -0.25) is 9.69 Å². The molecule has 1 amide bonds. The number of nitrogens with two attached hydrogens (primary N) is 1. The molecule has 2 rings (SSSR count). The minimum atomic E-state index is 0.0149. The van der Waals surface area contributed by atoms with Gasteiger partial charge in [-0.2, -0.15) is 0 Å². The lowest BCUT2D eigenvalue weighted by atomic mass is 10.1. The van der Waals surface area contributed by atoms with E-state index < -0.39 is 0 Å². The number of rotatable bonds is 4. The molecule has 4 nitrogen and oxygen atoms in total. The first-order chi connectivity index (χ1) is 9.13. The molecule has 1 unspecified atom stereocenters. The molecule has 2 N–H and O–H groups in total. The smallest absolute Gasteiger partial charge is 0.255 e. The van der Waals surface area contributed by atoms with Crippen LogP contribution in [0, 0.1) is 0 Å². The van der Waals surface area contributed by atoms with Crippen molar-refractivity contribution in [3.63, 3.8) is 0 Å².